The summed E-state index contributed by atoms with van der Waals surface area (Å²) in [4.78, 5) is 0. The van der Waals surface area contributed by atoms with Crippen molar-refractivity contribution >= 4 is 0 Å². The lowest BCUT2D eigenvalue weighted by Gasteiger charge is -2.58. The summed E-state index contributed by atoms with van der Waals surface area (Å²) in [5, 5.41) is 0. The van der Waals surface area contributed by atoms with Gasteiger partial charge < -0.3 is 0 Å². The second-order valence-corrected chi connectivity index (χ2v) is 13.8. The summed E-state index contributed by atoms with van der Waals surface area (Å²) in [6.45, 7) is 20.5. The van der Waals surface area contributed by atoms with Gasteiger partial charge in [-0.15, -0.1) is 0 Å². The second-order valence-electron chi connectivity index (χ2n) is 13.8. The SMILES string of the molecule is CC1=CC[C@H]2C(C)(C)CCC[C@]2(C)[C@H]1CCC1=C(C)CC[C@H]2C(C)(C)CCC[C@]12C. The minimum Gasteiger partial charge on any atom is -0.0850 e. The van der Waals surface area contributed by atoms with Gasteiger partial charge in [-0.1, -0.05) is 77.2 Å². The number of fused-ring (bicyclic) bond motifs is 2. The molecule has 170 valence electrons. The number of allylic oxidation sites excluding steroid dienone is 4. The predicted molar refractivity (Wildman–Crippen MR) is 131 cm³/mol. The first-order chi connectivity index (χ1) is 13.9. The Labute approximate surface area is 188 Å². The Hall–Kier alpha value is -0.520. The van der Waals surface area contributed by atoms with Gasteiger partial charge in [0.25, 0.3) is 0 Å². The van der Waals surface area contributed by atoms with Gasteiger partial charge in [-0.05, 0) is 111 Å². The van der Waals surface area contributed by atoms with Crippen LogP contribution in [0.3, 0.4) is 0 Å². The molecular formula is C30H50. The van der Waals surface area contributed by atoms with Crippen LogP contribution in [0.4, 0.5) is 0 Å². The molecule has 0 aromatic heterocycles. The van der Waals surface area contributed by atoms with Crippen molar-refractivity contribution in [3.05, 3.63) is 22.8 Å². The maximum Gasteiger partial charge on any atom is -0.00804 e. The van der Waals surface area contributed by atoms with Crippen LogP contribution in [0.1, 0.15) is 126 Å². The zero-order valence-corrected chi connectivity index (χ0v) is 21.6. The van der Waals surface area contributed by atoms with E-state index in [-0.39, 0.29) is 0 Å². The molecule has 0 heteroatoms. The van der Waals surface area contributed by atoms with Gasteiger partial charge >= 0.3 is 0 Å². The maximum absolute atomic E-state index is 2.68. The molecule has 5 atom stereocenters. The van der Waals surface area contributed by atoms with Crippen molar-refractivity contribution in [3.8, 4) is 0 Å². The molecule has 0 bridgehead atoms. The lowest BCUT2D eigenvalue weighted by Crippen LogP contribution is -2.49. The van der Waals surface area contributed by atoms with Gasteiger partial charge in [-0.25, -0.2) is 0 Å². The molecule has 0 unspecified atom stereocenters. The van der Waals surface area contributed by atoms with Crippen molar-refractivity contribution in [2.24, 2.45) is 39.4 Å². The van der Waals surface area contributed by atoms with E-state index >= 15 is 0 Å². The van der Waals surface area contributed by atoms with E-state index in [2.05, 4.69) is 61.5 Å². The van der Waals surface area contributed by atoms with Crippen LogP contribution in [0.25, 0.3) is 0 Å². The number of hydrogen-bond acceptors (Lipinski definition) is 0. The molecular weight excluding hydrogens is 360 g/mol. The Bertz CT molecular complexity index is 731. The highest BCUT2D eigenvalue weighted by Crippen LogP contribution is 2.63. The largest absolute Gasteiger partial charge is 0.0850 e. The summed E-state index contributed by atoms with van der Waals surface area (Å²) in [7, 11) is 0. The van der Waals surface area contributed by atoms with Crippen molar-refractivity contribution in [3.63, 3.8) is 0 Å². The fourth-order valence-electron chi connectivity index (χ4n) is 9.67. The minimum atomic E-state index is 0.461. The van der Waals surface area contributed by atoms with E-state index in [4.69, 9.17) is 0 Å². The van der Waals surface area contributed by atoms with Crippen molar-refractivity contribution in [1.29, 1.82) is 0 Å². The van der Waals surface area contributed by atoms with Crippen LogP contribution in [-0.4, -0.2) is 0 Å². The summed E-state index contributed by atoms with van der Waals surface area (Å²) in [5.74, 6) is 2.54. The monoisotopic (exact) mass is 410 g/mol. The lowest BCUT2D eigenvalue weighted by molar-refractivity contribution is -0.0405. The molecule has 0 aliphatic heterocycles. The first kappa shape index (κ1) is 22.7. The van der Waals surface area contributed by atoms with Crippen molar-refractivity contribution < 1.29 is 0 Å². The Morgan fingerprint density at radius 2 is 1.47 bits per heavy atom. The average Bonchev–Trinajstić information content (AvgIpc) is 2.61. The van der Waals surface area contributed by atoms with Gasteiger partial charge in [0, 0.05) is 0 Å². The van der Waals surface area contributed by atoms with Gasteiger partial charge in [0.2, 0.25) is 0 Å². The third-order valence-electron chi connectivity index (χ3n) is 11.2. The fourth-order valence-corrected chi connectivity index (χ4v) is 9.67. The first-order valence-corrected chi connectivity index (χ1v) is 13.3. The molecule has 2 saturated carbocycles. The highest BCUT2D eigenvalue weighted by atomic mass is 14.6. The summed E-state index contributed by atoms with van der Waals surface area (Å²) in [6, 6.07) is 0. The van der Waals surface area contributed by atoms with Crippen LogP contribution in [-0.2, 0) is 0 Å². The van der Waals surface area contributed by atoms with Crippen LogP contribution >= 0.6 is 0 Å². The maximum atomic E-state index is 2.68. The summed E-state index contributed by atoms with van der Waals surface area (Å²) >= 11 is 0. The van der Waals surface area contributed by atoms with Gasteiger partial charge in [0.05, 0.1) is 0 Å². The van der Waals surface area contributed by atoms with Crippen LogP contribution in [0.15, 0.2) is 22.8 Å². The van der Waals surface area contributed by atoms with E-state index in [1.54, 1.807) is 11.1 Å². The van der Waals surface area contributed by atoms with Crippen molar-refractivity contribution in [2.75, 3.05) is 0 Å². The molecule has 0 radical (unpaired) electrons. The van der Waals surface area contributed by atoms with Gasteiger partial charge in [0.15, 0.2) is 0 Å². The quantitative estimate of drug-likeness (QED) is 0.406. The summed E-state index contributed by atoms with van der Waals surface area (Å²) < 4.78 is 0. The molecule has 0 heterocycles. The molecule has 4 aliphatic rings. The smallest absolute Gasteiger partial charge is 0.00804 e. The molecule has 0 saturated heterocycles. The molecule has 30 heavy (non-hydrogen) atoms. The van der Waals surface area contributed by atoms with Gasteiger partial charge in [0.1, 0.15) is 0 Å². The molecule has 4 rings (SSSR count). The number of rotatable bonds is 3. The van der Waals surface area contributed by atoms with Crippen LogP contribution in [0.2, 0.25) is 0 Å². The highest BCUT2D eigenvalue weighted by Gasteiger charge is 2.53. The molecule has 2 fully saturated rings. The summed E-state index contributed by atoms with van der Waals surface area (Å²) in [6.07, 6.45) is 18.1. The van der Waals surface area contributed by atoms with Crippen LogP contribution in [0, 0.1) is 39.4 Å². The zero-order valence-electron chi connectivity index (χ0n) is 21.6. The molecule has 0 N–H and O–H groups in total. The Kier molecular flexibility index (Phi) is 5.68. The van der Waals surface area contributed by atoms with Crippen molar-refractivity contribution in [2.45, 2.75) is 126 Å². The Balaban J connectivity index is 1.60. The normalized spacial score (nSPS) is 42.9. The van der Waals surface area contributed by atoms with Crippen molar-refractivity contribution in [1.82, 2.24) is 0 Å². The highest BCUT2D eigenvalue weighted by molar-refractivity contribution is 5.28. The van der Waals surface area contributed by atoms with E-state index in [1.165, 1.54) is 70.6 Å². The molecule has 0 nitrogen and oxygen atoms in total. The minimum absolute atomic E-state index is 0.461. The molecule has 4 aliphatic carbocycles. The van der Waals surface area contributed by atoms with Crippen LogP contribution in [0.5, 0.6) is 0 Å². The third kappa shape index (κ3) is 3.47. The van der Waals surface area contributed by atoms with Crippen LogP contribution < -0.4 is 0 Å². The van der Waals surface area contributed by atoms with E-state index in [0.29, 0.717) is 21.7 Å². The first-order valence-electron chi connectivity index (χ1n) is 13.3. The average molecular weight is 411 g/mol. The Morgan fingerprint density at radius 3 is 2.17 bits per heavy atom. The van der Waals surface area contributed by atoms with E-state index in [0.717, 1.165) is 17.8 Å². The van der Waals surface area contributed by atoms with Gasteiger partial charge in [-0.3, -0.25) is 0 Å². The molecule has 0 aromatic rings. The second kappa shape index (κ2) is 7.52. The van der Waals surface area contributed by atoms with E-state index in [9.17, 15) is 0 Å². The standard InChI is InChI=1S/C30H50/c1-21-11-15-25-27(3,4)17-9-19-29(25,7)23(21)13-14-24-22(2)12-16-26-28(5,6)18-10-20-30(24,26)8/h11,23,25-26H,9-10,12-20H2,1-8H3/t23-,25-,26-,29+,30+/m0/s1. The topological polar surface area (TPSA) is 0 Å². The molecule has 0 aromatic carbocycles. The molecule has 0 spiro atoms. The zero-order chi connectivity index (χ0) is 21.9. The predicted octanol–water partition coefficient (Wildman–Crippen LogP) is 9.51. The third-order valence-corrected chi connectivity index (χ3v) is 11.2. The number of hydrogen-bond donors (Lipinski definition) is 0. The van der Waals surface area contributed by atoms with Gasteiger partial charge in [-0.2, -0.15) is 0 Å². The Morgan fingerprint density at radius 1 is 0.833 bits per heavy atom. The molecule has 0 amide bonds. The lowest BCUT2D eigenvalue weighted by atomic mass is 9.47. The van der Waals surface area contributed by atoms with E-state index < -0.39 is 0 Å². The summed E-state index contributed by atoms with van der Waals surface area (Å²) in [5.41, 5.74) is 7.36. The van der Waals surface area contributed by atoms with E-state index in [1.807, 2.05) is 5.57 Å². The fraction of sp³-hybridized carbons (Fsp3) is 0.867.